The van der Waals surface area contributed by atoms with Gasteiger partial charge < -0.3 is 9.80 Å². The van der Waals surface area contributed by atoms with Crippen LogP contribution in [0, 0.1) is 6.92 Å². The van der Waals surface area contributed by atoms with Gasteiger partial charge in [0.25, 0.3) is 6.71 Å². The smallest absolute Gasteiger partial charge is 0.252 e. The quantitative estimate of drug-likeness (QED) is 0.165. The number of aryl methyl sites for hydroxylation is 1. The van der Waals surface area contributed by atoms with E-state index < -0.39 is 0 Å². The van der Waals surface area contributed by atoms with Gasteiger partial charge in [0.15, 0.2) is 0 Å². The molecule has 0 unspecified atom stereocenters. The Balaban J connectivity index is 1.43. The number of rotatable bonds is 3. The van der Waals surface area contributed by atoms with Crippen molar-refractivity contribution in [2.45, 2.75) is 130 Å². The van der Waals surface area contributed by atoms with Crippen LogP contribution in [0.1, 0.15) is 130 Å². The highest BCUT2D eigenvalue weighted by Gasteiger charge is 2.48. The van der Waals surface area contributed by atoms with Crippen LogP contribution in [0.4, 0.5) is 34.1 Å². The van der Waals surface area contributed by atoms with Crippen LogP contribution in [-0.2, 0) is 27.1 Å². The number of fused-ring (bicyclic) bond motifs is 5. The second-order valence-corrected chi connectivity index (χ2v) is 22.4. The summed E-state index contributed by atoms with van der Waals surface area (Å²) in [5.74, 6) is 0. The van der Waals surface area contributed by atoms with Gasteiger partial charge in [-0.3, -0.25) is 0 Å². The lowest BCUT2D eigenvalue weighted by Crippen LogP contribution is -2.61. The van der Waals surface area contributed by atoms with Crippen LogP contribution in [0.5, 0.6) is 0 Å². The highest BCUT2D eigenvalue weighted by Crippen LogP contribution is 2.53. The van der Waals surface area contributed by atoms with Crippen molar-refractivity contribution in [1.29, 1.82) is 0 Å². The van der Waals surface area contributed by atoms with Crippen molar-refractivity contribution >= 4 is 57.2 Å². The Labute approximate surface area is 355 Å². The summed E-state index contributed by atoms with van der Waals surface area (Å²) in [5.41, 5.74) is 22.6. The number of anilines is 6. The van der Waals surface area contributed by atoms with Crippen molar-refractivity contribution in [3.05, 3.63) is 149 Å². The molecule has 0 spiro atoms. The zero-order chi connectivity index (χ0) is 42.2. The molecule has 300 valence electrons. The Hall–Kier alpha value is -5.02. The Kier molecular flexibility index (Phi) is 8.69. The second kappa shape index (κ2) is 13.0. The lowest BCUT2D eigenvalue weighted by Gasteiger charge is -2.45. The Morgan fingerprint density at radius 3 is 1.68 bits per heavy atom. The van der Waals surface area contributed by atoms with Crippen LogP contribution in [0.3, 0.4) is 0 Å². The summed E-state index contributed by atoms with van der Waals surface area (Å²) in [5, 5.41) is 0. The highest BCUT2D eigenvalue weighted by molar-refractivity contribution is 7.00. The molecule has 3 heteroatoms. The Morgan fingerprint density at radius 2 is 1.03 bits per heavy atom. The molecule has 2 heterocycles. The maximum atomic E-state index is 2.66. The van der Waals surface area contributed by atoms with E-state index in [1.807, 2.05) is 0 Å². The van der Waals surface area contributed by atoms with Gasteiger partial charge >= 0.3 is 0 Å². The fourth-order valence-corrected chi connectivity index (χ4v) is 10.8. The van der Waals surface area contributed by atoms with E-state index in [9.17, 15) is 0 Å². The molecule has 6 aromatic carbocycles. The summed E-state index contributed by atoms with van der Waals surface area (Å²) in [6.45, 7) is 33.2. The summed E-state index contributed by atoms with van der Waals surface area (Å²) < 4.78 is 0. The SMILES string of the molecule is Cc1cc2c3c(c1)N(c1ccc(C(C)(C)C)cc1-c1ccccc1)c1cc4c(cc1B3c1ccc(C(C)(C)C)cc1N2c1cccc(C(C)(C)C)c1)C(C)(C)CC4(C)C. The average molecular weight is 775 g/mol. The van der Waals surface area contributed by atoms with Gasteiger partial charge in [0.1, 0.15) is 0 Å². The largest absolute Gasteiger partial charge is 0.311 e. The molecule has 6 aromatic rings. The third-order valence-electron chi connectivity index (χ3n) is 13.7. The number of benzene rings is 6. The summed E-state index contributed by atoms with van der Waals surface area (Å²) in [6, 6.07) is 45.2. The predicted molar refractivity (Wildman–Crippen MR) is 257 cm³/mol. The first-order valence-corrected chi connectivity index (χ1v) is 21.9. The molecule has 1 aliphatic carbocycles. The summed E-state index contributed by atoms with van der Waals surface area (Å²) in [4.78, 5) is 5.26. The molecule has 9 rings (SSSR count). The first kappa shape index (κ1) is 39.4. The molecule has 0 amide bonds. The molecule has 0 saturated heterocycles. The van der Waals surface area contributed by atoms with Gasteiger partial charge in [0.2, 0.25) is 0 Å². The van der Waals surface area contributed by atoms with Crippen LogP contribution >= 0.6 is 0 Å². The van der Waals surface area contributed by atoms with Crippen LogP contribution in [0.15, 0.2) is 115 Å². The van der Waals surface area contributed by atoms with Crippen LogP contribution in [0.25, 0.3) is 11.1 Å². The minimum atomic E-state index is -0.00322. The maximum absolute atomic E-state index is 2.66. The minimum absolute atomic E-state index is 0.00322. The molecule has 0 atom stereocenters. The third-order valence-corrected chi connectivity index (χ3v) is 13.7. The topological polar surface area (TPSA) is 6.48 Å². The normalized spacial score (nSPS) is 16.4. The van der Waals surface area contributed by atoms with E-state index in [2.05, 4.69) is 222 Å². The van der Waals surface area contributed by atoms with Crippen molar-refractivity contribution < 1.29 is 0 Å². The van der Waals surface area contributed by atoms with E-state index in [1.165, 1.54) is 95.0 Å². The fourth-order valence-electron chi connectivity index (χ4n) is 10.8. The second-order valence-electron chi connectivity index (χ2n) is 22.4. The summed E-state index contributed by atoms with van der Waals surface area (Å²) >= 11 is 0. The molecule has 0 N–H and O–H groups in total. The average Bonchev–Trinajstić information content (AvgIpc) is 3.34. The molecule has 59 heavy (non-hydrogen) atoms. The molecule has 0 saturated carbocycles. The van der Waals surface area contributed by atoms with Gasteiger partial charge in [-0.15, -0.1) is 0 Å². The summed E-state index contributed by atoms with van der Waals surface area (Å²) in [7, 11) is 0. The molecule has 2 nitrogen and oxygen atoms in total. The molecule has 0 bridgehead atoms. The van der Waals surface area contributed by atoms with Gasteiger partial charge in [-0.25, -0.2) is 0 Å². The van der Waals surface area contributed by atoms with E-state index >= 15 is 0 Å². The third kappa shape index (κ3) is 6.38. The van der Waals surface area contributed by atoms with E-state index in [4.69, 9.17) is 0 Å². The van der Waals surface area contributed by atoms with Gasteiger partial charge in [0, 0.05) is 34.0 Å². The summed E-state index contributed by atoms with van der Waals surface area (Å²) in [6.07, 6.45) is 1.12. The monoisotopic (exact) mass is 775 g/mol. The molecular weight excluding hydrogens is 711 g/mol. The number of nitrogens with zero attached hydrogens (tertiary/aromatic N) is 2. The van der Waals surface area contributed by atoms with Crippen molar-refractivity contribution in [2.75, 3.05) is 9.80 Å². The Bertz CT molecular complexity index is 2660. The fraction of sp³-hybridized carbons (Fsp3) is 0.357. The molecule has 0 aromatic heterocycles. The minimum Gasteiger partial charge on any atom is -0.311 e. The molecule has 3 aliphatic rings. The zero-order valence-electron chi connectivity index (χ0n) is 38.1. The number of hydrogen-bond donors (Lipinski definition) is 0. The van der Waals surface area contributed by atoms with E-state index in [0.29, 0.717) is 0 Å². The van der Waals surface area contributed by atoms with E-state index in [1.54, 1.807) is 0 Å². The van der Waals surface area contributed by atoms with Crippen LogP contribution < -0.4 is 26.2 Å². The highest BCUT2D eigenvalue weighted by atomic mass is 15.2. The lowest BCUT2D eigenvalue weighted by molar-refractivity contribution is 0.403. The maximum Gasteiger partial charge on any atom is 0.252 e. The lowest BCUT2D eigenvalue weighted by atomic mass is 9.33. The van der Waals surface area contributed by atoms with Crippen molar-refractivity contribution in [1.82, 2.24) is 0 Å². The molecule has 2 aliphatic heterocycles. The van der Waals surface area contributed by atoms with Gasteiger partial charge in [-0.1, -0.05) is 157 Å². The van der Waals surface area contributed by atoms with E-state index in [0.717, 1.165) is 6.42 Å². The van der Waals surface area contributed by atoms with E-state index in [-0.39, 0.29) is 33.8 Å². The van der Waals surface area contributed by atoms with Crippen LogP contribution in [-0.4, -0.2) is 6.71 Å². The van der Waals surface area contributed by atoms with Crippen molar-refractivity contribution in [3.63, 3.8) is 0 Å². The van der Waals surface area contributed by atoms with Gasteiger partial charge in [0.05, 0.1) is 5.69 Å². The van der Waals surface area contributed by atoms with Crippen molar-refractivity contribution in [2.24, 2.45) is 0 Å². The molecular formula is C56H63BN2. The molecule has 0 fully saturated rings. The van der Waals surface area contributed by atoms with Crippen LogP contribution in [0.2, 0.25) is 0 Å². The van der Waals surface area contributed by atoms with Gasteiger partial charge in [-0.2, -0.15) is 0 Å². The first-order chi connectivity index (χ1) is 27.5. The standard InChI is InChI=1S/C56H63BN2/c1-35-27-49-51-50(28-35)59(46-26-24-38(53(5,6)7)30-41(46)36-19-16-15-17-20-36)48-33-43-42(55(11,12)34-56(43,13)14)32-45(48)57(51)44-25-23-39(54(8,9)10)31-47(44)58(49)40-22-18-21-37(29-40)52(2,3)4/h15-33H,34H2,1-14H3. The molecule has 0 radical (unpaired) electrons. The predicted octanol–water partition coefficient (Wildman–Crippen LogP) is 13.6. The Morgan fingerprint density at radius 1 is 0.475 bits per heavy atom. The van der Waals surface area contributed by atoms with Gasteiger partial charge in [-0.05, 0) is 144 Å². The first-order valence-electron chi connectivity index (χ1n) is 21.9. The number of hydrogen-bond acceptors (Lipinski definition) is 2. The zero-order valence-corrected chi connectivity index (χ0v) is 38.1. The van der Waals surface area contributed by atoms with Crippen molar-refractivity contribution in [3.8, 4) is 11.1 Å².